The molecule has 14 heteroatoms. The molecule has 1 unspecified atom stereocenters. The van der Waals surface area contributed by atoms with Crippen molar-refractivity contribution in [3.05, 3.63) is 0 Å². The molecule has 0 radical (unpaired) electrons. The smallest absolute Gasteiger partial charge is 0.119 e. The Morgan fingerprint density at radius 1 is 0.269 bits per heavy atom. The van der Waals surface area contributed by atoms with Crippen molar-refractivity contribution in [2.24, 2.45) is 0 Å². The van der Waals surface area contributed by atoms with Gasteiger partial charge in [-0.15, -0.1) is 0 Å². The highest BCUT2D eigenvalue weighted by molar-refractivity contribution is 6.75. The lowest BCUT2D eigenvalue weighted by atomic mass is 10.2. The fourth-order valence-electron chi connectivity index (χ4n) is 8.12. The van der Waals surface area contributed by atoms with Gasteiger partial charge in [0.25, 0.3) is 0 Å². The summed E-state index contributed by atoms with van der Waals surface area (Å²) in [6.07, 6.45) is 1.28. The predicted octanol–water partition coefficient (Wildman–Crippen LogP) is 7.22. The summed E-state index contributed by atoms with van der Waals surface area (Å²) in [4.78, 5) is 5.85. The summed E-state index contributed by atoms with van der Waals surface area (Å²) < 4.78 is 17.8. The third-order valence-corrected chi connectivity index (χ3v) is 26.5. The van der Waals surface area contributed by atoms with Gasteiger partial charge in [-0.2, -0.15) is 0 Å². The van der Waals surface area contributed by atoms with E-state index < -0.39 is 49.4 Å². The molecular weight excluding hydrogens is 737 g/mol. The quantitative estimate of drug-likeness (QED) is 0.260. The zero-order chi connectivity index (χ0) is 39.9. The number of fused-ring (bicyclic) bond motifs is 22. The van der Waals surface area contributed by atoms with Gasteiger partial charge in [0.15, 0.2) is 0 Å². The van der Waals surface area contributed by atoms with E-state index in [1.807, 2.05) is 0 Å². The molecule has 3 rings (SSSR count). The summed E-state index contributed by atoms with van der Waals surface area (Å²) in [5.74, 6) is 0. The molecule has 2 bridgehead atoms. The Hall–Kier alpha value is 0.981. The maximum atomic E-state index is 2.97. The molecule has 0 spiro atoms. The van der Waals surface area contributed by atoms with Crippen molar-refractivity contribution in [3.63, 3.8) is 0 Å². The van der Waals surface area contributed by atoms with Gasteiger partial charge in [0.05, 0.1) is 0 Å². The average Bonchev–Trinajstić information content (AvgIpc) is 2.94. The van der Waals surface area contributed by atoms with Crippen LogP contribution in [0.4, 0.5) is 0 Å². The highest BCUT2D eigenvalue weighted by Crippen LogP contribution is 2.20. The summed E-state index contributed by atoms with van der Waals surface area (Å²) in [5.41, 5.74) is 0. The van der Waals surface area contributed by atoms with Crippen molar-refractivity contribution in [1.82, 2.24) is 37.2 Å². The minimum Gasteiger partial charge on any atom is -0.323 e. The van der Waals surface area contributed by atoms with Crippen LogP contribution in [0.5, 0.6) is 0 Å². The van der Waals surface area contributed by atoms with E-state index in [1.165, 1.54) is 118 Å². The Bertz CT molecular complexity index is 975. The second-order valence-electron chi connectivity index (χ2n) is 22.5. The lowest BCUT2D eigenvalue weighted by molar-refractivity contribution is 0.161. The number of hydrogen-bond donors (Lipinski definition) is 0. The minimum atomic E-state index is -1.49. The van der Waals surface area contributed by atoms with E-state index in [1.54, 1.807) is 0 Å². The van der Waals surface area contributed by atoms with Crippen molar-refractivity contribution in [2.45, 2.75) is 137 Å². The second-order valence-corrected chi connectivity index (χ2v) is 52.3. The molecule has 0 amide bonds. The number of nitrogens with zero attached hydrogens (tertiary/aromatic N) is 8. The Kier molecular flexibility index (Phi) is 19.0. The van der Waals surface area contributed by atoms with E-state index in [0.717, 1.165) is 0 Å². The van der Waals surface area contributed by atoms with E-state index in [-0.39, 0.29) is 0 Å². The van der Waals surface area contributed by atoms with Crippen LogP contribution < -0.4 is 0 Å². The van der Waals surface area contributed by atoms with Gasteiger partial charge in [-0.05, 0) is 19.9 Å². The molecule has 3 aliphatic rings. The zero-order valence-electron chi connectivity index (χ0n) is 38.9. The fourth-order valence-corrected chi connectivity index (χ4v) is 17.4. The highest BCUT2D eigenvalue weighted by Gasteiger charge is 2.34. The van der Waals surface area contributed by atoms with Crippen LogP contribution in [-0.4, -0.2) is 204 Å². The molecule has 0 aromatic carbocycles. The molecule has 0 aromatic rings. The summed E-state index contributed by atoms with van der Waals surface area (Å²) in [6, 6.07) is 0.591. The molecule has 1 atom stereocenters. The van der Waals surface area contributed by atoms with Crippen molar-refractivity contribution >= 4 is 49.4 Å². The standard InChI is InChI=1S/C38H94N8Si6/c1-38-20-21-41(47(2,3)4)32-33-42(48(5,6)7)27-22-39-23-28-43(49(8,9)10)34-36-45(51(14,15)16)30-25-40(38)26-31-46(52(17,18)19)37-35-44(29-24-39)50(11,12)13/h38H,20-37H2,1-19H3. The first-order valence-electron chi connectivity index (χ1n) is 21.5. The van der Waals surface area contributed by atoms with Crippen LogP contribution in [0.15, 0.2) is 0 Å². The lowest BCUT2D eigenvalue weighted by Crippen LogP contribution is -2.58. The molecule has 0 N–H and O–H groups in total. The van der Waals surface area contributed by atoms with Gasteiger partial charge >= 0.3 is 0 Å². The fraction of sp³-hybridized carbons (Fsp3) is 1.00. The Morgan fingerprint density at radius 3 is 0.692 bits per heavy atom. The molecule has 0 saturated carbocycles. The van der Waals surface area contributed by atoms with E-state index >= 15 is 0 Å². The van der Waals surface area contributed by atoms with Gasteiger partial charge in [-0.3, -0.25) is 9.80 Å². The molecule has 0 aliphatic carbocycles. The van der Waals surface area contributed by atoms with E-state index in [2.05, 4.69) is 162 Å². The maximum absolute atomic E-state index is 2.97. The molecular formula is C38H94N8Si6. The largest absolute Gasteiger partial charge is 0.323 e. The third-order valence-electron chi connectivity index (χ3n) is 12.4. The van der Waals surface area contributed by atoms with Gasteiger partial charge < -0.3 is 27.4 Å². The summed E-state index contributed by atoms with van der Waals surface area (Å²) in [7, 11) is -8.92. The summed E-state index contributed by atoms with van der Waals surface area (Å²) in [6.45, 7) is 69.9. The normalized spacial score (nSPS) is 27.4. The van der Waals surface area contributed by atoms with Gasteiger partial charge in [-0.1, -0.05) is 118 Å². The van der Waals surface area contributed by atoms with Gasteiger partial charge in [-0.25, -0.2) is 0 Å². The average molecular weight is 832 g/mol. The van der Waals surface area contributed by atoms with E-state index in [9.17, 15) is 0 Å². The van der Waals surface area contributed by atoms with Crippen LogP contribution in [0.25, 0.3) is 0 Å². The number of hydrogen-bond acceptors (Lipinski definition) is 8. The van der Waals surface area contributed by atoms with Gasteiger partial charge in [0.1, 0.15) is 49.4 Å². The van der Waals surface area contributed by atoms with Crippen LogP contribution in [0.2, 0.25) is 118 Å². The molecule has 310 valence electrons. The molecule has 0 aromatic heterocycles. The first kappa shape index (κ1) is 49.1. The minimum absolute atomic E-state index is 0.591. The number of rotatable bonds is 6. The molecule has 8 nitrogen and oxygen atoms in total. The molecule has 3 saturated heterocycles. The van der Waals surface area contributed by atoms with Crippen LogP contribution in [-0.2, 0) is 0 Å². The Labute approximate surface area is 333 Å². The molecule has 52 heavy (non-hydrogen) atoms. The maximum Gasteiger partial charge on any atom is 0.119 e. The van der Waals surface area contributed by atoms with Crippen LogP contribution in [0.3, 0.4) is 0 Å². The third kappa shape index (κ3) is 17.2. The van der Waals surface area contributed by atoms with Gasteiger partial charge in [0.2, 0.25) is 0 Å². The van der Waals surface area contributed by atoms with Gasteiger partial charge in [0, 0.05) is 111 Å². The van der Waals surface area contributed by atoms with Crippen LogP contribution in [0.1, 0.15) is 13.3 Å². The van der Waals surface area contributed by atoms with Crippen LogP contribution in [0, 0.1) is 0 Å². The second kappa shape index (κ2) is 20.1. The zero-order valence-corrected chi connectivity index (χ0v) is 44.9. The molecule has 3 heterocycles. The SMILES string of the molecule is CC1CCN([Si](C)(C)C)CCN([Si](C)(C)C)CCN2CCN([Si](C)(C)C)CCN([Si](C)(C)C)CCN1CCN([Si](C)(C)C)CCN([Si](C)(C)C)CC2. The predicted molar refractivity (Wildman–Crippen MR) is 252 cm³/mol. The highest BCUT2D eigenvalue weighted by atomic mass is 28.3. The topological polar surface area (TPSA) is 25.9 Å². The van der Waals surface area contributed by atoms with Crippen molar-refractivity contribution in [3.8, 4) is 0 Å². The molecule has 3 aliphatic heterocycles. The molecule has 3 fully saturated rings. The first-order valence-corrected chi connectivity index (χ1v) is 42.1. The summed E-state index contributed by atoms with van der Waals surface area (Å²) in [5, 5.41) is 0. The lowest BCUT2D eigenvalue weighted by Gasteiger charge is -2.44. The van der Waals surface area contributed by atoms with Crippen molar-refractivity contribution in [2.75, 3.05) is 111 Å². The van der Waals surface area contributed by atoms with E-state index in [0.29, 0.717) is 6.04 Å². The monoisotopic (exact) mass is 831 g/mol. The van der Waals surface area contributed by atoms with E-state index in [4.69, 9.17) is 0 Å². The Balaban J connectivity index is 2.73. The van der Waals surface area contributed by atoms with Crippen LogP contribution >= 0.6 is 0 Å². The van der Waals surface area contributed by atoms with Crippen molar-refractivity contribution in [1.29, 1.82) is 0 Å². The Morgan fingerprint density at radius 2 is 0.462 bits per heavy atom. The summed E-state index contributed by atoms with van der Waals surface area (Å²) >= 11 is 0. The first-order chi connectivity index (χ1) is 23.5. The van der Waals surface area contributed by atoms with Crippen molar-refractivity contribution < 1.29 is 0 Å².